The van der Waals surface area contributed by atoms with Gasteiger partial charge >= 0.3 is 0 Å². The van der Waals surface area contributed by atoms with E-state index in [1.165, 1.54) is 29.2 Å². The van der Waals surface area contributed by atoms with Crippen molar-refractivity contribution in [1.29, 1.82) is 5.26 Å². The highest BCUT2D eigenvalue weighted by Crippen LogP contribution is 2.27. The van der Waals surface area contributed by atoms with E-state index in [0.29, 0.717) is 18.8 Å². The minimum Gasteiger partial charge on any atom is -0.370 e. The minimum absolute atomic E-state index is 0.0622. The first-order chi connectivity index (χ1) is 14.9. The maximum absolute atomic E-state index is 11.7. The summed E-state index contributed by atoms with van der Waals surface area (Å²) in [6.07, 6.45) is 2.53. The third-order valence-electron chi connectivity index (χ3n) is 4.68. The Balaban J connectivity index is 1.68. The molecule has 2 aromatic carbocycles. The lowest BCUT2D eigenvalue weighted by Gasteiger charge is -2.25. The van der Waals surface area contributed by atoms with Crippen molar-refractivity contribution in [2.45, 2.75) is 6.92 Å². The number of anilines is 1. The number of non-ortho nitro benzene ring substituents is 1. The van der Waals surface area contributed by atoms with E-state index < -0.39 is 4.92 Å². The number of imide groups is 1. The Kier molecular flexibility index (Phi) is 6.47. The molecule has 0 spiro atoms. The highest BCUT2D eigenvalue weighted by molar-refractivity contribution is 6.12. The van der Waals surface area contributed by atoms with Crippen molar-refractivity contribution in [3.63, 3.8) is 0 Å². The molecular formula is C21H18N6O4. The van der Waals surface area contributed by atoms with Gasteiger partial charge in [-0.1, -0.05) is 0 Å². The van der Waals surface area contributed by atoms with E-state index >= 15 is 0 Å². The summed E-state index contributed by atoms with van der Waals surface area (Å²) in [5, 5.41) is 28.1. The number of carbonyl (C=O) groups is 2. The largest absolute Gasteiger partial charge is 0.370 e. The van der Waals surface area contributed by atoms with Gasteiger partial charge in [0.2, 0.25) is 0 Å². The summed E-state index contributed by atoms with van der Waals surface area (Å²) in [5.41, 5.74) is 1.54. The van der Waals surface area contributed by atoms with Gasteiger partial charge in [-0.05, 0) is 37.3 Å². The molecule has 0 aliphatic carbocycles. The Bertz CT molecular complexity index is 1100. The molecule has 1 aliphatic rings. The highest BCUT2D eigenvalue weighted by Gasteiger charge is 2.23. The number of azo groups is 1. The van der Waals surface area contributed by atoms with E-state index in [4.69, 9.17) is 0 Å². The molecule has 2 aromatic rings. The molecule has 0 radical (unpaired) electrons. The molecule has 156 valence electrons. The normalized spacial score (nSPS) is 13.1. The maximum atomic E-state index is 11.7. The quantitative estimate of drug-likeness (QED) is 0.278. The average Bonchev–Trinajstić information content (AvgIpc) is 3.10. The van der Waals surface area contributed by atoms with E-state index in [0.717, 1.165) is 11.8 Å². The Morgan fingerprint density at radius 3 is 2.35 bits per heavy atom. The van der Waals surface area contributed by atoms with Crippen molar-refractivity contribution in [2.24, 2.45) is 10.2 Å². The molecule has 1 aliphatic heterocycles. The van der Waals surface area contributed by atoms with Crippen molar-refractivity contribution in [2.75, 3.05) is 24.5 Å². The van der Waals surface area contributed by atoms with Crippen LogP contribution in [0.3, 0.4) is 0 Å². The summed E-state index contributed by atoms with van der Waals surface area (Å²) in [7, 11) is 0. The second kappa shape index (κ2) is 9.41. The second-order valence-corrected chi connectivity index (χ2v) is 6.53. The zero-order valence-corrected chi connectivity index (χ0v) is 16.6. The molecule has 2 amide bonds. The lowest BCUT2D eigenvalue weighted by atomic mass is 10.2. The van der Waals surface area contributed by atoms with E-state index in [9.17, 15) is 25.0 Å². The summed E-state index contributed by atoms with van der Waals surface area (Å²) in [6, 6.07) is 12.8. The Hall–Kier alpha value is -4.39. The molecule has 0 saturated heterocycles. The number of rotatable bonds is 8. The molecule has 0 saturated carbocycles. The molecular weight excluding hydrogens is 400 g/mol. The number of benzene rings is 2. The van der Waals surface area contributed by atoms with E-state index in [-0.39, 0.29) is 35.3 Å². The van der Waals surface area contributed by atoms with E-state index in [1.807, 2.05) is 30.0 Å². The monoisotopic (exact) mass is 418 g/mol. The fourth-order valence-corrected chi connectivity index (χ4v) is 3.00. The molecule has 0 unspecified atom stereocenters. The van der Waals surface area contributed by atoms with Crippen LogP contribution in [0.4, 0.5) is 22.7 Å². The average molecular weight is 418 g/mol. The van der Waals surface area contributed by atoms with Crippen LogP contribution in [0.2, 0.25) is 0 Å². The number of likely N-dealkylation sites (N-methyl/N-ethyl adjacent to an activating group) is 1. The molecule has 10 nitrogen and oxygen atoms in total. The molecule has 0 fully saturated rings. The lowest BCUT2D eigenvalue weighted by molar-refractivity contribution is -0.384. The van der Waals surface area contributed by atoms with Crippen LogP contribution in [0.15, 0.2) is 64.8 Å². The molecule has 0 aromatic heterocycles. The van der Waals surface area contributed by atoms with Gasteiger partial charge in [0.25, 0.3) is 17.5 Å². The number of amides is 2. The van der Waals surface area contributed by atoms with Crippen LogP contribution in [0.1, 0.15) is 12.5 Å². The van der Waals surface area contributed by atoms with Gasteiger partial charge in [-0.25, -0.2) is 0 Å². The first-order valence-electron chi connectivity index (χ1n) is 9.41. The Labute approximate surface area is 177 Å². The number of nitrogens with zero attached hydrogens (tertiary/aromatic N) is 6. The van der Waals surface area contributed by atoms with Crippen molar-refractivity contribution in [3.8, 4) is 6.07 Å². The van der Waals surface area contributed by atoms with E-state index in [1.54, 1.807) is 12.1 Å². The zero-order chi connectivity index (χ0) is 22.4. The Morgan fingerprint density at radius 1 is 1.10 bits per heavy atom. The predicted octanol–water partition coefficient (Wildman–Crippen LogP) is 3.63. The summed E-state index contributed by atoms with van der Waals surface area (Å²) in [4.78, 5) is 36.8. The second-order valence-electron chi connectivity index (χ2n) is 6.53. The predicted molar refractivity (Wildman–Crippen MR) is 112 cm³/mol. The summed E-state index contributed by atoms with van der Waals surface area (Å²) in [6.45, 7) is 3.43. The first-order valence-corrected chi connectivity index (χ1v) is 9.41. The van der Waals surface area contributed by atoms with Crippen molar-refractivity contribution in [1.82, 2.24) is 4.90 Å². The number of nitro groups is 1. The van der Waals surface area contributed by atoms with Gasteiger partial charge in [0.05, 0.1) is 16.2 Å². The van der Waals surface area contributed by atoms with E-state index in [2.05, 4.69) is 10.2 Å². The highest BCUT2D eigenvalue weighted by atomic mass is 16.6. The van der Waals surface area contributed by atoms with Gasteiger partial charge in [-0.2, -0.15) is 10.4 Å². The number of nitriles is 1. The molecule has 3 rings (SSSR count). The summed E-state index contributed by atoms with van der Waals surface area (Å²) < 4.78 is 0. The SMILES string of the molecule is CCN(CCN1C(=O)C=CC1=O)c1ccc(N=Nc2ccc([N+](=O)[O-])cc2C#N)cc1. The van der Waals surface area contributed by atoms with Gasteiger partial charge in [0, 0.05) is 49.6 Å². The Morgan fingerprint density at radius 2 is 1.77 bits per heavy atom. The van der Waals surface area contributed by atoms with Crippen LogP contribution >= 0.6 is 0 Å². The minimum atomic E-state index is -0.577. The molecule has 0 bridgehead atoms. The first kappa shape index (κ1) is 21.3. The number of nitro benzene ring substituents is 1. The molecule has 10 heteroatoms. The topological polar surface area (TPSA) is 132 Å². The smallest absolute Gasteiger partial charge is 0.270 e. The van der Waals surface area contributed by atoms with Gasteiger partial charge in [0.15, 0.2) is 0 Å². The fourth-order valence-electron chi connectivity index (χ4n) is 3.00. The number of carbonyl (C=O) groups excluding carboxylic acids is 2. The van der Waals surface area contributed by atoms with Crippen molar-refractivity contribution >= 4 is 34.6 Å². The van der Waals surface area contributed by atoms with Crippen molar-refractivity contribution in [3.05, 3.63) is 70.3 Å². The summed E-state index contributed by atoms with van der Waals surface area (Å²) in [5.74, 6) is -0.611. The van der Waals surface area contributed by atoms with Crippen LogP contribution in [-0.2, 0) is 9.59 Å². The summed E-state index contributed by atoms with van der Waals surface area (Å²) >= 11 is 0. The van der Waals surface area contributed by atoms with Crippen LogP contribution in [0.25, 0.3) is 0 Å². The zero-order valence-electron chi connectivity index (χ0n) is 16.6. The number of hydrogen-bond donors (Lipinski definition) is 0. The molecule has 31 heavy (non-hydrogen) atoms. The van der Waals surface area contributed by atoms with Gasteiger partial charge in [-0.15, -0.1) is 5.11 Å². The van der Waals surface area contributed by atoms with Crippen molar-refractivity contribution < 1.29 is 14.5 Å². The lowest BCUT2D eigenvalue weighted by Crippen LogP contribution is -2.38. The fraction of sp³-hybridized carbons (Fsp3) is 0.190. The molecule has 0 atom stereocenters. The van der Waals surface area contributed by atoms with Gasteiger partial charge in [0.1, 0.15) is 11.8 Å². The van der Waals surface area contributed by atoms with Gasteiger partial charge < -0.3 is 4.90 Å². The third-order valence-corrected chi connectivity index (χ3v) is 4.68. The van der Waals surface area contributed by atoms with Gasteiger partial charge in [-0.3, -0.25) is 24.6 Å². The van der Waals surface area contributed by atoms with Crippen LogP contribution < -0.4 is 4.90 Å². The molecule has 1 heterocycles. The van der Waals surface area contributed by atoms with Crippen LogP contribution in [0, 0.1) is 21.4 Å². The standard InChI is InChI=1S/C21H18N6O4/c1-2-25(11-12-26-20(28)9-10-21(26)29)17-5-3-16(4-6-17)23-24-19-8-7-18(27(30)31)13-15(19)14-22/h3-10,13H,2,11-12H2,1H3. The van der Waals surface area contributed by atoms with Crippen LogP contribution in [-0.4, -0.2) is 41.3 Å². The molecule has 0 N–H and O–H groups in total. The van der Waals surface area contributed by atoms with Crippen LogP contribution in [0.5, 0.6) is 0 Å². The number of hydrogen-bond acceptors (Lipinski definition) is 8. The maximum Gasteiger partial charge on any atom is 0.270 e. The third kappa shape index (κ3) is 4.97.